The van der Waals surface area contributed by atoms with E-state index < -0.39 is 0 Å². The van der Waals surface area contributed by atoms with Gasteiger partial charge in [-0.15, -0.1) is 11.3 Å². The summed E-state index contributed by atoms with van der Waals surface area (Å²) in [7, 11) is 0. The molecule has 0 unspecified atom stereocenters. The molecule has 1 heterocycles. The van der Waals surface area contributed by atoms with Gasteiger partial charge in [0.25, 0.3) is 5.91 Å². The van der Waals surface area contributed by atoms with Gasteiger partial charge in [0.2, 0.25) is 0 Å². The number of halogens is 1. The molecule has 19 heavy (non-hydrogen) atoms. The summed E-state index contributed by atoms with van der Waals surface area (Å²) in [5, 5.41) is 11.0. The minimum atomic E-state index is -0.165. The van der Waals surface area contributed by atoms with Gasteiger partial charge < -0.3 is 4.90 Å². The third kappa shape index (κ3) is 3.14. The van der Waals surface area contributed by atoms with E-state index in [0.717, 1.165) is 5.69 Å². The Morgan fingerprint density at radius 3 is 2.63 bits per heavy atom. The Morgan fingerprint density at radius 1 is 1.32 bits per heavy atom. The fourth-order valence-electron chi connectivity index (χ4n) is 1.69. The van der Waals surface area contributed by atoms with Crippen LogP contribution in [0.5, 0.6) is 0 Å². The van der Waals surface area contributed by atoms with E-state index >= 15 is 0 Å². The number of carbonyl (C=O) groups is 1. The zero-order valence-electron chi connectivity index (χ0n) is 10.0. The molecule has 5 heteroatoms. The predicted molar refractivity (Wildman–Crippen MR) is 77.7 cm³/mol. The van der Waals surface area contributed by atoms with Crippen molar-refractivity contribution >= 4 is 34.5 Å². The summed E-state index contributed by atoms with van der Waals surface area (Å²) in [4.78, 5) is 14.6. The third-order valence-electron chi connectivity index (χ3n) is 2.57. The Morgan fingerprint density at radius 2 is 2.05 bits per heavy atom. The molecule has 0 fully saturated rings. The number of carbonyl (C=O) groups excluding carboxylic acids is 1. The molecule has 0 saturated carbocycles. The van der Waals surface area contributed by atoms with Gasteiger partial charge in [-0.25, -0.2) is 0 Å². The van der Waals surface area contributed by atoms with Gasteiger partial charge >= 0.3 is 0 Å². The number of benzene rings is 1. The first-order valence-electron chi connectivity index (χ1n) is 5.71. The summed E-state index contributed by atoms with van der Waals surface area (Å²) >= 11 is 7.31. The van der Waals surface area contributed by atoms with E-state index in [1.807, 2.05) is 30.3 Å². The second-order valence-electron chi connectivity index (χ2n) is 3.80. The standard InChI is InChI=1S/C14H11ClN2OS/c15-12-7-10-19-13(12)14(18)17(9-4-8-16)11-5-2-1-3-6-11/h1-3,5-7,10H,4,9H2. The van der Waals surface area contributed by atoms with Gasteiger partial charge in [0, 0.05) is 12.2 Å². The molecule has 1 aromatic heterocycles. The molecule has 0 atom stereocenters. The van der Waals surface area contributed by atoms with Crippen LogP contribution in [0.1, 0.15) is 16.1 Å². The lowest BCUT2D eigenvalue weighted by Crippen LogP contribution is -2.31. The monoisotopic (exact) mass is 290 g/mol. The minimum absolute atomic E-state index is 0.165. The molecule has 0 aliphatic rings. The summed E-state index contributed by atoms with van der Waals surface area (Å²) in [6.07, 6.45) is 0.281. The molecule has 0 saturated heterocycles. The average Bonchev–Trinajstić information content (AvgIpc) is 2.86. The largest absolute Gasteiger partial charge is 0.307 e. The first-order valence-corrected chi connectivity index (χ1v) is 6.96. The van der Waals surface area contributed by atoms with E-state index in [1.54, 1.807) is 16.3 Å². The van der Waals surface area contributed by atoms with Gasteiger partial charge in [-0.05, 0) is 23.6 Å². The Hall–Kier alpha value is -1.83. The summed E-state index contributed by atoms with van der Waals surface area (Å²) in [5.74, 6) is -0.165. The van der Waals surface area contributed by atoms with Gasteiger partial charge in [-0.3, -0.25) is 4.79 Å². The lowest BCUT2D eigenvalue weighted by Gasteiger charge is -2.21. The predicted octanol–water partition coefficient (Wildman–Crippen LogP) is 3.96. The molecule has 3 nitrogen and oxygen atoms in total. The molecule has 0 N–H and O–H groups in total. The second-order valence-corrected chi connectivity index (χ2v) is 5.12. The molecule has 2 aromatic rings. The van der Waals surface area contributed by atoms with Crippen LogP contribution in [0.2, 0.25) is 5.02 Å². The van der Waals surface area contributed by atoms with Crippen molar-refractivity contribution in [3.8, 4) is 6.07 Å². The lowest BCUT2D eigenvalue weighted by molar-refractivity contribution is 0.0991. The topological polar surface area (TPSA) is 44.1 Å². The van der Waals surface area contributed by atoms with Crippen LogP contribution in [0.15, 0.2) is 41.8 Å². The van der Waals surface area contributed by atoms with Gasteiger partial charge in [0.1, 0.15) is 4.88 Å². The van der Waals surface area contributed by atoms with E-state index in [2.05, 4.69) is 6.07 Å². The van der Waals surface area contributed by atoms with Gasteiger partial charge in [-0.1, -0.05) is 29.8 Å². The number of anilines is 1. The van der Waals surface area contributed by atoms with Crippen LogP contribution in [0.25, 0.3) is 0 Å². The maximum atomic E-state index is 12.5. The number of hydrogen-bond donors (Lipinski definition) is 0. The summed E-state index contributed by atoms with van der Waals surface area (Å²) in [5.41, 5.74) is 0.771. The van der Waals surface area contributed by atoms with Crippen molar-refractivity contribution in [2.45, 2.75) is 6.42 Å². The maximum absolute atomic E-state index is 12.5. The Bertz CT molecular complexity index is 603. The first kappa shape index (κ1) is 13.6. The van der Waals surface area contributed by atoms with E-state index in [-0.39, 0.29) is 12.3 Å². The molecule has 2 rings (SSSR count). The molecule has 0 aliphatic carbocycles. The maximum Gasteiger partial charge on any atom is 0.269 e. The van der Waals surface area contributed by atoms with Gasteiger partial charge in [0.15, 0.2) is 0 Å². The normalized spacial score (nSPS) is 9.89. The molecule has 0 aliphatic heterocycles. The van der Waals surface area contributed by atoms with Crippen LogP contribution in [0.4, 0.5) is 5.69 Å². The number of para-hydroxylation sites is 1. The Kier molecular flexibility index (Phi) is 4.56. The van der Waals surface area contributed by atoms with E-state index in [9.17, 15) is 4.79 Å². The van der Waals surface area contributed by atoms with Crippen LogP contribution in [-0.2, 0) is 0 Å². The van der Waals surface area contributed by atoms with Crippen LogP contribution in [0, 0.1) is 11.3 Å². The molecule has 0 spiro atoms. The lowest BCUT2D eigenvalue weighted by atomic mass is 10.2. The molecule has 96 valence electrons. The fraction of sp³-hybridized carbons (Fsp3) is 0.143. The van der Waals surface area contributed by atoms with Crippen LogP contribution >= 0.6 is 22.9 Å². The number of nitriles is 1. The van der Waals surface area contributed by atoms with Crippen molar-refractivity contribution in [3.63, 3.8) is 0 Å². The SMILES string of the molecule is N#CCCN(C(=O)c1sccc1Cl)c1ccccc1. The van der Waals surface area contributed by atoms with E-state index in [1.165, 1.54) is 11.3 Å². The summed E-state index contributed by atoms with van der Waals surface area (Å²) in [6, 6.07) is 13.1. The van der Waals surface area contributed by atoms with E-state index in [0.29, 0.717) is 16.4 Å². The van der Waals surface area contributed by atoms with Crippen molar-refractivity contribution in [2.75, 3.05) is 11.4 Å². The molecule has 1 amide bonds. The number of rotatable bonds is 4. The minimum Gasteiger partial charge on any atom is -0.307 e. The number of amides is 1. The van der Waals surface area contributed by atoms with Crippen molar-refractivity contribution in [2.24, 2.45) is 0 Å². The van der Waals surface area contributed by atoms with Crippen LogP contribution < -0.4 is 4.90 Å². The van der Waals surface area contributed by atoms with Crippen LogP contribution in [-0.4, -0.2) is 12.5 Å². The zero-order chi connectivity index (χ0) is 13.7. The quantitative estimate of drug-likeness (QED) is 0.855. The molecular weight excluding hydrogens is 280 g/mol. The highest BCUT2D eigenvalue weighted by molar-refractivity contribution is 7.12. The fourth-order valence-corrected chi connectivity index (χ4v) is 2.77. The molecule has 1 aromatic carbocycles. The molecule has 0 radical (unpaired) electrons. The molecule has 0 bridgehead atoms. The van der Waals surface area contributed by atoms with Gasteiger partial charge in [0.05, 0.1) is 17.5 Å². The smallest absolute Gasteiger partial charge is 0.269 e. The van der Waals surface area contributed by atoms with Crippen LogP contribution in [0.3, 0.4) is 0 Å². The summed E-state index contributed by atoms with van der Waals surface area (Å²) < 4.78 is 0. The van der Waals surface area contributed by atoms with Crippen molar-refractivity contribution in [1.82, 2.24) is 0 Å². The second kappa shape index (κ2) is 6.37. The third-order valence-corrected chi connectivity index (χ3v) is 3.90. The summed E-state index contributed by atoms with van der Waals surface area (Å²) in [6.45, 7) is 0.355. The Balaban J connectivity index is 2.31. The number of thiophene rings is 1. The van der Waals surface area contributed by atoms with Crippen molar-refractivity contribution < 1.29 is 4.79 Å². The highest BCUT2D eigenvalue weighted by Gasteiger charge is 2.20. The number of hydrogen-bond acceptors (Lipinski definition) is 3. The highest BCUT2D eigenvalue weighted by atomic mass is 35.5. The van der Waals surface area contributed by atoms with Crippen molar-refractivity contribution in [1.29, 1.82) is 5.26 Å². The average molecular weight is 291 g/mol. The van der Waals surface area contributed by atoms with Crippen molar-refractivity contribution in [3.05, 3.63) is 51.7 Å². The van der Waals surface area contributed by atoms with Gasteiger partial charge in [-0.2, -0.15) is 5.26 Å². The first-order chi connectivity index (χ1) is 9.24. The Labute approximate surface area is 120 Å². The number of nitrogens with zero attached hydrogens (tertiary/aromatic N) is 2. The highest BCUT2D eigenvalue weighted by Crippen LogP contribution is 2.26. The molecular formula is C14H11ClN2OS. The zero-order valence-corrected chi connectivity index (χ0v) is 11.6. The van der Waals surface area contributed by atoms with E-state index in [4.69, 9.17) is 16.9 Å².